The minimum absolute atomic E-state index is 0. The first kappa shape index (κ1) is 17.7. The Hall–Kier alpha value is -1.36. The number of nitrogens with two attached hydrogens (primary N) is 1. The number of likely N-dealkylation sites (N-methyl/N-ethyl adjacent to an activating group) is 1. The Morgan fingerprint density at radius 1 is 1.19 bits per heavy atom. The number of carbonyl (C=O) groups excluding carboxylic acids is 1. The summed E-state index contributed by atoms with van der Waals surface area (Å²) in [6.07, 6.45) is 0. The Morgan fingerprint density at radius 3 is 2.33 bits per heavy atom. The van der Waals surface area contributed by atoms with Gasteiger partial charge in [-0.2, -0.15) is 0 Å². The number of hydrogen-bond donors (Lipinski definition) is 1. The highest BCUT2D eigenvalue weighted by atomic mass is 35.5. The summed E-state index contributed by atoms with van der Waals surface area (Å²) < 4.78 is 0. The summed E-state index contributed by atoms with van der Waals surface area (Å²) in [7, 11) is 1.80. The van der Waals surface area contributed by atoms with Crippen LogP contribution in [0.3, 0.4) is 0 Å². The Balaban J connectivity index is 0.00000220. The SMILES string of the molecule is Cc1ccc(C(N)C(=O)N(C)Cc2ccc(C)s2)cc1.Cl. The van der Waals surface area contributed by atoms with E-state index in [-0.39, 0.29) is 18.3 Å². The van der Waals surface area contributed by atoms with Gasteiger partial charge in [-0.3, -0.25) is 4.79 Å². The van der Waals surface area contributed by atoms with Gasteiger partial charge in [0.15, 0.2) is 0 Å². The average Bonchev–Trinajstić information content (AvgIpc) is 2.83. The summed E-state index contributed by atoms with van der Waals surface area (Å²) >= 11 is 1.71. The van der Waals surface area contributed by atoms with Crippen molar-refractivity contribution in [1.29, 1.82) is 0 Å². The largest absolute Gasteiger partial charge is 0.339 e. The van der Waals surface area contributed by atoms with Crippen LogP contribution >= 0.6 is 23.7 Å². The normalized spacial score (nSPS) is 11.6. The van der Waals surface area contributed by atoms with Gasteiger partial charge in [-0.05, 0) is 31.5 Å². The van der Waals surface area contributed by atoms with E-state index in [4.69, 9.17) is 5.73 Å². The summed E-state index contributed by atoms with van der Waals surface area (Å²) in [4.78, 5) is 16.5. The van der Waals surface area contributed by atoms with E-state index in [0.29, 0.717) is 6.54 Å². The van der Waals surface area contributed by atoms with Crippen molar-refractivity contribution in [2.45, 2.75) is 26.4 Å². The molecule has 5 heteroatoms. The van der Waals surface area contributed by atoms with E-state index in [1.54, 1.807) is 23.3 Å². The van der Waals surface area contributed by atoms with Crippen LogP contribution < -0.4 is 5.73 Å². The quantitative estimate of drug-likeness (QED) is 0.936. The minimum Gasteiger partial charge on any atom is -0.339 e. The first-order valence-corrected chi connectivity index (χ1v) is 7.41. The number of rotatable bonds is 4. The van der Waals surface area contributed by atoms with Crippen molar-refractivity contribution in [2.24, 2.45) is 5.73 Å². The molecule has 1 amide bonds. The number of nitrogens with zero attached hydrogens (tertiary/aromatic N) is 1. The first-order valence-electron chi connectivity index (χ1n) is 6.60. The molecule has 2 aromatic rings. The maximum absolute atomic E-state index is 12.3. The lowest BCUT2D eigenvalue weighted by molar-refractivity contribution is -0.131. The number of benzene rings is 1. The molecule has 0 fully saturated rings. The number of hydrogen-bond acceptors (Lipinski definition) is 3. The van der Waals surface area contributed by atoms with E-state index >= 15 is 0 Å². The molecular weight excluding hydrogens is 304 g/mol. The number of thiophene rings is 1. The summed E-state index contributed by atoms with van der Waals surface area (Å²) in [6.45, 7) is 4.69. The Labute approximate surface area is 136 Å². The molecule has 1 unspecified atom stereocenters. The molecule has 0 saturated heterocycles. The molecule has 1 atom stereocenters. The van der Waals surface area contributed by atoms with Crippen molar-refractivity contribution in [3.05, 3.63) is 57.3 Å². The first-order chi connectivity index (χ1) is 9.47. The van der Waals surface area contributed by atoms with Crippen LogP contribution in [0.25, 0.3) is 0 Å². The van der Waals surface area contributed by atoms with Crippen LogP contribution in [-0.2, 0) is 11.3 Å². The molecule has 0 saturated carbocycles. The molecule has 21 heavy (non-hydrogen) atoms. The topological polar surface area (TPSA) is 46.3 Å². The molecule has 0 aliphatic heterocycles. The second-order valence-electron chi connectivity index (χ2n) is 5.10. The molecule has 3 nitrogen and oxygen atoms in total. The van der Waals surface area contributed by atoms with Crippen LogP contribution in [0, 0.1) is 13.8 Å². The molecule has 1 aromatic heterocycles. The smallest absolute Gasteiger partial charge is 0.244 e. The van der Waals surface area contributed by atoms with Crippen LogP contribution in [0.2, 0.25) is 0 Å². The highest BCUT2D eigenvalue weighted by Gasteiger charge is 2.20. The van der Waals surface area contributed by atoms with E-state index in [0.717, 1.165) is 11.1 Å². The summed E-state index contributed by atoms with van der Waals surface area (Å²) in [6, 6.07) is 11.3. The van der Waals surface area contributed by atoms with Gasteiger partial charge in [-0.25, -0.2) is 0 Å². The highest BCUT2D eigenvalue weighted by molar-refractivity contribution is 7.11. The van der Waals surface area contributed by atoms with Gasteiger partial charge in [0.2, 0.25) is 5.91 Å². The van der Waals surface area contributed by atoms with E-state index in [1.807, 2.05) is 31.2 Å². The van der Waals surface area contributed by atoms with Crippen LogP contribution in [0.15, 0.2) is 36.4 Å². The van der Waals surface area contributed by atoms with Crippen molar-refractivity contribution < 1.29 is 4.79 Å². The fraction of sp³-hybridized carbons (Fsp3) is 0.312. The van der Waals surface area contributed by atoms with Crippen LogP contribution in [-0.4, -0.2) is 17.9 Å². The van der Waals surface area contributed by atoms with E-state index < -0.39 is 6.04 Å². The lowest BCUT2D eigenvalue weighted by atomic mass is 10.0. The predicted molar refractivity (Wildman–Crippen MR) is 90.9 cm³/mol. The van der Waals surface area contributed by atoms with Crippen molar-refractivity contribution in [1.82, 2.24) is 4.90 Å². The maximum Gasteiger partial charge on any atom is 0.244 e. The zero-order valence-electron chi connectivity index (χ0n) is 12.5. The van der Waals surface area contributed by atoms with E-state index in [1.165, 1.54) is 9.75 Å². The fourth-order valence-corrected chi connectivity index (χ4v) is 2.98. The Morgan fingerprint density at radius 2 is 1.81 bits per heavy atom. The molecule has 2 rings (SSSR count). The van der Waals surface area contributed by atoms with Gasteiger partial charge < -0.3 is 10.6 Å². The third-order valence-electron chi connectivity index (χ3n) is 3.27. The molecule has 0 spiro atoms. The zero-order valence-corrected chi connectivity index (χ0v) is 14.1. The predicted octanol–water partition coefficient (Wildman–Crippen LogP) is 3.45. The molecule has 0 bridgehead atoms. The summed E-state index contributed by atoms with van der Waals surface area (Å²) in [5.41, 5.74) is 8.08. The number of carbonyl (C=O) groups is 1. The summed E-state index contributed by atoms with van der Waals surface area (Å²) in [5.74, 6) is -0.0556. The summed E-state index contributed by atoms with van der Waals surface area (Å²) in [5, 5.41) is 0. The second-order valence-corrected chi connectivity index (χ2v) is 6.47. The lowest BCUT2D eigenvalue weighted by Crippen LogP contribution is -2.35. The highest BCUT2D eigenvalue weighted by Crippen LogP contribution is 2.19. The van der Waals surface area contributed by atoms with Gasteiger partial charge in [0.1, 0.15) is 6.04 Å². The molecule has 1 aromatic carbocycles. The second kappa shape index (κ2) is 7.59. The molecule has 0 aliphatic rings. The zero-order chi connectivity index (χ0) is 14.7. The third kappa shape index (κ3) is 4.56. The Bertz CT molecular complexity index is 595. The van der Waals surface area contributed by atoms with Crippen molar-refractivity contribution in [2.75, 3.05) is 7.05 Å². The third-order valence-corrected chi connectivity index (χ3v) is 4.25. The molecule has 114 valence electrons. The molecule has 0 aliphatic carbocycles. The standard InChI is InChI=1S/C16H20N2OS.ClH/c1-11-4-7-13(8-5-11)15(17)16(19)18(3)10-14-9-6-12(2)20-14;/h4-9,15H,10,17H2,1-3H3;1H. The van der Waals surface area contributed by atoms with E-state index in [9.17, 15) is 4.79 Å². The van der Waals surface area contributed by atoms with Gasteiger partial charge in [0, 0.05) is 16.8 Å². The van der Waals surface area contributed by atoms with Crippen LogP contribution in [0.5, 0.6) is 0 Å². The van der Waals surface area contributed by atoms with Crippen molar-refractivity contribution in [3.63, 3.8) is 0 Å². The molecular formula is C16H21ClN2OS. The van der Waals surface area contributed by atoms with Crippen molar-refractivity contribution >= 4 is 29.7 Å². The fourth-order valence-electron chi connectivity index (χ4n) is 2.04. The number of amides is 1. The average molecular weight is 325 g/mol. The van der Waals surface area contributed by atoms with Gasteiger partial charge in [-0.15, -0.1) is 23.7 Å². The van der Waals surface area contributed by atoms with Gasteiger partial charge in [-0.1, -0.05) is 29.8 Å². The van der Waals surface area contributed by atoms with Crippen LogP contribution in [0.1, 0.15) is 26.9 Å². The number of halogens is 1. The van der Waals surface area contributed by atoms with Crippen LogP contribution in [0.4, 0.5) is 0 Å². The molecule has 0 radical (unpaired) electrons. The number of aryl methyl sites for hydroxylation is 2. The minimum atomic E-state index is -0.596. The monoisotopic (exact) mass is 324 g/mol. The van der Waals surface area contributed by atoms with Gasteiger partial charge in [0.05, 0.1) is 6.54 Å². The lowest BCUT2D eigenvalue weighted by Gasteiger charge is -2.21. The van der Waals surface area contributed by atoms with E-state index in [2.05, 4.69) is 19.1 Å². The maximum atomic E-state index is 12.3. The molecule has 2 N–H and O–H groups in total. The Kier molecular flexibility index (Phi) is 6.40. The molecule has 1 heterocycles. The van der Waals surface area contributed by atoms with Gasteiger partial charge in [0.25, 0.3) is 0 Å². The van der Waals surface area contributed by atoms with Gasteiger partial charge >= 0.3 is 0 Å². The van der Waals surface area contributed by atoms with Crippen molar-refractivity contribution in [3.8, 4) is 0 Å².